The highest BCUT2D eigenvalue weighted by Crippen LogP contribution is 1.99. The highest BCUT2D eigenvalue weighted by Gasteiger charge is 1.89. The molecule has 15 heavy (non-hydrogen) atoms. The summed E-state index contributed by atoms with van der Waals surface area (Å²) in [5, 5.41) is 3.65. The Morgan fingerprint density at radius 2 is 2.20 bits per heavy atom. The van der Waals surface area contributed by atoms with Crippen molar-refractivity contribution in [2.24, 2.45) is 5.10 Å². The largest absolute Gasteiger partial charge is 0.371 e. The lowest BCUT2D eigenvalue weighted by Crippen LogP contribution is -2.13. The maximum atomic E-state index is 10.4. The van der Waals surface area contributed by atoms with E-state index in [0.29, 0.717) is 13.2 Å². The van der Waals surface area contributed by atoms with E-state index in [9.17, 15) is 4.79 Å². The molecule has 1 rings (SSSR count). The van der Waals surface area contributed by atoms with Crippen LogP contribution >= 0.6 is 0 Å². The minimum atomic E-state index is -0.186. The topological polar surface area (TPSA) is 50.7 Å². The summed E-state index contributed by atoms with van der Waals surface area (Å²) in [5.41, 5.74) is 3.41. The molecule has 0 unspecified atom stereocenters. The Morgan fingerprint density at radius 1 is 1.47 bits per heavy atom. The Hall–Kier alpha value is -1.68. The summed E-state index contributed by atoms with van der Waals surface area (Å²) in [4.78, 5) is 10.4. The fraction of sp³-hybridized carbons (Fsp3) is 0.273. The average Bonchev–Trinajstić information content (AvgIpc) is 2.24. The molecule has 4 heteroatoms. The molecule has 0 aliphatic heterocycles. The third-order valence-corrected chi connectivity index (χ3v) is 1.62. The van der Waals surface area contributed by atoms with Gasteiger partial charge in [-0.1, -0.05) is 30.3 Å². The van der Waals surface area contributed by atoms with Crippen molar-refractivity contribution in [1.82, 2.24) is 5.43 Å². The Morgan fingerprint density at radius 3 is 2.87 bits per heavy atom. The summed E-state index contributed by atoms with van der Waals surface area (Å²) in [5.74, 6) is -0.186. The SMILES string of the molecule is CC(=O)NN=CCOCc1ccccc1. The standard InChI is InChI=1S/C11H14N2O2/c1-10(14)13-12-7-8-15-9-11-5-3-2-4-6-11/h2-7H,8-9H2,1H3,(H,13,14). The van der Waals surface area contributed by atoms with Crippen molar-refractivity contribution in [3.8, 4) is 0 Å². The Labute approximate surface area is 88.9 Å². The number of ether oxygens (including phenoxy) is 1. The van der Waals surface area contributed by atoms with Crippen molar-refractivity contribution < 1.29 is 9.53 Å². The van der Waals surface area contributed by atoms with Gasteiger partial charge in [-0.3, -0.25) is 4.79 Å². The van der Waals surface area contributed by atoms with Crippen LogP contribution < -0.4 is 5.43 Å². The van der Waals surface area contributed by atoms with Gasteiger partial charge in [-0.15, -0.1) is 0 Å². The highest BCUT2D eigenvalue weighted by molar-refractivity contribution is 5.73. The van der Waals surface area contributed by atoms with E-state index in [1.165, 1.54) is 13.1 Å². The number of nitrogens with one attached hydrogen (secondary N) is 1. The van der Waals surface area contributed by atoms with Crippen LogP contribution in [-0.2, 0) is 16.1 Å². The van der Waals surface area contributed by atoms with Gasteiger partial charge in [0.15, 0.2) is 0 Å². The van der Waals surface area contributed by atoms with E-state index in [1.54, 1.807) is 0 Å². The summed E-state index contributed by atoms with van der Waals surface area (Å²) >= 11 is 0. The van der Waals surface area contributed by atoms with Gasteiger partial charge in [0.25, 0.3) is 0 Å². The summed E-state index contributed by atoms with van der Waals surface area (Å²) in [6.07, 6.45) is 1.52. The molecule has 1 aromatic carbocycles. The molecule has 0 fully saturated rings. The molecule has 0 spiro atoms. The highest BCUT2D eigenvalue weighted by atomic mass is 16.5. The van der Waals surface area contributed by atoms with E-state index >= 15 is 0 Å². The molecule has 0 heterocycles. The molecule has 1 amide bonds. The van der Waals surface area contributed by atoms with Crippen LogP contribution in [0, 0.1) is 0 Å². The van der Waals surface area contributed by atoms with Gasteiger partial charge < -0.3 is 4.74 Å². The lowest BCUT2D eigenvalue weighted by atomic mass is 10.2. The molecule has 1 aromatic rings. The molecular formula is C11H14N2O2. The molecule has 0 atom stereocenters. The van der Waals surface area contributed by atoms with Crippen LogP contribution in [0.3, 0.4) is 0 Å². The van der Waals surface area contributed by atoms with E-state index in [4.69, 9.17) is 4.74 Å². The lowest BCUT2D eigenvalue weighted by Gasteiger charge is -2.00. The summed E-state index contributed by atoms with van der Waals surface area (Å²) < 4.78 is 5.30. The number of rotatable bonds is 5. The minimum Gasteiger partial charge on any atom is -0.371 e. The monoisotopic (exact) mass is 206 g/mol. The van der Waals surface area contributed by atoms with Crippen molar-refractivity contribution in [3.05, 3.63) is 35.9 Å². The molecule has 4 nitrogen and oxygen atoms in total. The predicted molar refractivity (Wildman–Crippen MR) is 58.4 cm³/mol. The maximum absolute atomic E-state index is 10.4. The lowest BCUT2D eigenvalue weighted by molar-refractivity contribution is -0.118. The van der Waals surface area contributed by atoms with Gasteiger partial charge in [-0.05, 0) is 5.56 Å². The number of carbonyl (C=O) groups excluding carboxylic acids is 1. The van der Waals surface area contributed by atoms with Gasteiger partial charge in [0.05, 0.1) is 19.4 Å². The molecule has 1 N–H and O–H groups in total. The van der Waals surface area contributed by atoms with Crippen LogP contribution in [0.15, 0.2) is 35.4 Å². The van der Waals surface area contributed by atoms with Crippen LogP contribution in [0.5, 0.6) is 0 Å². The third-order valence-electron chi connectivity index (χ3n) is 1.62. The number of benzene rings is 1. The number of nitrogens with zero attached hydrogens (tertiary/aromatic N) is 1. The first-order chi connectivity index (χ1) is 7.29. The molecule has 80 valence electrons. The summed E-state index contributed by atoms with van der Waals surface area (Å²) in [6.45, 7) is 2.34. The Balaban J connectivity index is 2.12. The van der Waals surface area contributed by atoms with Crippen LogP contribution in [0.25, 0.3) is 0 Å². The molecule has 0 aromatic heterocycles. The minimum absolute atomic E-state index is 0.186. The van der Waals surface area contributed by atoms with Crippen molar-refractivity contribution in [3.63, 3.8) is 0 Å². The van der Waals surface area contributed by atoms with Gasteiger partial charge in [0.2, 0.25) is 5.91 Å². The zero-order chi connectivity index (χ0) is 10.9. The van der Waals surface area contributed by atoms with Crippen LogP contribution in [-0.4, -0.2) is 18.7 Å². The van der Waals surface area contributed by atoms with Crippen molar-refractivity contribution >= 4 is 12.1 Å². The molecule has 0 saturated heterocycles. The normalized spacial score (nSPS) is 10.5. The first kappa shape index (κ1) is 11.4. The van der Waals surface area contributed by atoms with Gasteiger partial charge in [-0.2, -0.15) is 5.10 Å². The van der Waals surface area contributed by atoms with Crippen LogP contribution in [0.4, 0.5) is 0 Å². The van der Waals surface area contributed by atoms with Gasteiger partial charge in [0.1, 0.15) is 0 Å². The maximum Gasteiger partial charge on any atom is 0.236 e. The summed E-state index contributed by atoms with van der Waals surface area (Å²) in [7, 11) is 0. The fourth-order valence-corrected chi connectivity index (χ4v) is 0.978. The number of hydrogen-bond donors (Lipinski definition) is 1. The Kier molecular flexibility index (Phi) is 5.11. The number of hydrazone groups is 1. The first-order valence-electron chi connectivity index (χ1n) is 4.69. The smallest absolute Gasteiger partial charge is 0.236 e. The van der Waals surface area contributed by atoms with E-state index in [1.807, 2.05) is 30.3 Å². The number of hydrogen-bond acceptors (Lipinski definition) is 3. The van der Waals surface area contributed by atoms with E-state index in [-0.39, 0.29) is 5.91 Å². The van der Waals surface area contributed by atoms with E-state index in [0.717, 1.165) is 5.56 Å². The van der Waals surface area contributed by atoms with Crippen LogP contribution in [0.1, 0.15) is 12.5 Å². The third kappa shape index (κ3) is 5.59. The first-order valence-corrected chi connectivity index (χ1v) is 4.69. The Bertz CT molecular complexity index is 323. The molecule has 0 saturated carbocycles. The predicted octanol–water partition coefficient (Wildman–Crippen LogP) is 1.33. The molecule has 0 radical (unpaired) electrons. The molecule has 0 bridgehead atoms. The zero-order valence-corrected chi connectivity index (χ0v) is 8.64. The zero-order valence-electron chi connectivity index (χ0n) is 8.64. The van der Waals surface area contributed by atoms with Crippen LogP contribution in [0.2, 0.25) is 0 Å². The second-order valence-corrected chi connectivity index (χ2v) is 2.98. The van der Waals surface area contributed by atoms with E-state index < -0.39 is 0 Å². The fourth-order valence-electron chi connectivity index (χ4n) is 0.978. The van der Waals surface area contributed by atoms with Gasteiger partial charge in [-0.25, -0.2) is 5.43 Å². The summed E-state index contributed by atoms with van der Waals surface area (Å²) in [6, 6.07) is 9.87. The van der Waals surface area contributed by atoms with Crippen molar-refractivity contribution in [2.75, 3.05) is 6.61 Å². The van der Waals surface area contributed by atoms with Gasteiger partial charge in [0, 0.05) is 6.92 Å². The molecule has 0 aliphatic rings. The average molecular weight is 206 g/mol. The van der Waals surface area contributed by atoms with Crippen molar-refractivity contribution in [1.29, 1.82) is 0 Å². The molecule has 0 aliphatic carbocycles. The van der Waals surface area contributed by atoms with Crippen molar-refractivity contribution in [2.45, 2.75) is 13.5 Å². The number of carbonyl (C=O) groups is 1. The van der Waals surface area contributed by atoms with Gasteiger partial charge >= 0.3 is 0 Å². The second-order valence-electron chi connectivity index (χ2n) is 2.98. The second kappa shape index (κ2) is 6.73. The quantitative estimate of drug-likeness (QED) is 0.449. The molecular weight excluding hydrogens is 192 g/mol. The number of amides is 1. The van der Waals surface area contributed by atoms with E-state index in [2.05, 4.69) is 10.5 Å².